The predicted molar refractivity (Wildman–Crippen MR) is 111 cm³/mol. The van der Waals surface area contributed by atoms with Crippen molar-refractivity contribution in [2.75, 3.05) is 5.32 Å². The molecule has 5 heteroatoms. The van der Waals surface area contributed by atoms with Gasteiger partial charge in [-0.2, -0.15) is 0 Å². The van der Waals surface area contributed by atoms with Crippen molar-refractivity contribution in [2.24, 2.45) is 0 Å². The van der Waals surface area contributed by atoms with Crippen LogP contribution in [0.25, 0.3) is 0 Å². The maximum atomic E-state index is 12.4. The Bertz CT molecular complexity index is 972. The van der Waals surface area contributed by atoms with E-state index in [0.717, 1.165) is 22.8 Å². The molecule has 0 aliphatic rings. The molecule has 0 aliphatic heterocycles. The van der Waals surface area contributed by atoms with Crippen LogP contribution in [0.1, 0.15) is 27.4 Å². The highest BCUT2D eigenvalue weighted by molar-refractivity contribution is 6.04. The molecule has 2 aromatic carbocycles. The summed E-state index contributed by atoms with van der Waals surface area (Å²) < 4.78 is 11.0. The zero-order valence-corrected chi connectivity index (χ0v) is 16.0. The summed E-state index contributed by atoms with van der Waals surface area (Å²) in [4.78, 5) is 14.7. The second kappa shape index (κ2) is 9.08. The zero-order chi connectivity index (χ0) is 19.9. The summed E-state index contributed by atoms with van der Waals surface area (Å²) in [5.41, 5.74) is 2.52. The minimum Gasteiger partial charge on any atom is -0.468 e. The number of benzene rings is 2. The number of anilines is 1. The molecule has 146 valence electrons. The van der Waals surface area contributed by atoms with E-state index in [1.54, 1.807) is 12.5 Å². The number of nitrogens with zero attached hydrogens (tertiary/aromatic N) is 1. The number of hydrogen-bond donors (Lipinski definition) is 1. The van der Waals surface area contributed by atoms with Crippen molar-refractivity contribution in [3.05, 3.63) is 114 Å². The molecular formula is C24H22N2O3. The van der Waals surface area contributed by atoms with Gasteiger partial charge in [0.2, 0.25) is 0 Å². The number of nitrogens with one attached hydrogen (secondary N) is 1. The largest absolute Gasteiger partial charge is 0.468 e. The monoisotopic (exact) mass is 386 g/mol. The molecule has 0 aliphatic carbocycles. The van der Waals surface area contributed by atoms with Crippen molar-refractivity contribution in [2.45, 2.75) is 19.6 Å². The average molecular weight is 386 g/mol. The normalized spacial score (nSPS) is 10.9. The Labute approximate surface area is 169 Å². The molecule has 0 saturated heterocycles. The summed E-state index contributed by atoms with van der Waals surface area (Å²) in [6, 6.07) is 24.8. The van der Waals surface area contributed by atoms with Crippen molar-refractivity contribution < 1.29 is 13.6 Å². The van der Waals surface area contributed by atoms with E-state index in [1.165, 1.54) is 0 Å². The molecule has 29 heavy (non-hydrogen) atoms. The Morgan fingerprint density at radius 2 is 1.34 bits per heavy atom. The van der Waals surface area contributed by atoms with E-state index in [4.69, 9.17) is 8.83 Å². The smallest absolute Gasteiger partial charge is 0.255 e. The summed E-state index contributed by atoms with van der Waals surface area (Å²) in [6.07, 6.45) is 3.36. The summed E-state index contributed by atoms with van der Waals surface area (Å²) in [5.74, 6) is 1.68. The molecule has 0 spiro atoms. The first-order valence-electron chi connectivity index (χ1n) is 9.49. The lowest BCUT2D eigenvalue weighted by Gasteiger charge is -2.20. The first kappa shape index (κ1) is 18.8. The first-order valence-corrected chi connectivity index (χ1v) is 9.49. The fraction of sp³-hybridized carbons (Fsp3) is 0.125. The van der Waals surface area contributed by atoms with E-state index in [-0.39, 0.29) is 5.91 Å². The van der Waals surface area contributed by atoms with E-state index in [9.17, 15) is 4.79 Å². The highest BCUT2D eigenvalue weighted by atomic mass is 16.3. The van der Waals surface area contributed by atoms with Crippen molar-refractivity contribution in [1.82, 2.24) is 4.90 Å². The van der Waals surface area contributed by atoms with E-state index in [2.05, 4.69) is 10.2 Å². The summed E-state index contributed by atoms with van der Waals surface area (Å²) >= 11 is 0. The number of carbonyl (C=O) groups excluding carboxylic acids is 1. The second-order valence-electron chi connectivity index (χ2n) is 6.82. The maximum Gasteiger partial charge on any atom is 0.255 e. The molecule has 4 rings (SSSR count). The van der Waals surface area contributed by atoms with Crippen LogP contribution in [0.3, 0.4) is 0 Å². The van der Waals surface area contributed by atoms with Gasteiger partial charge in [-0.1, -0.05) is 30.3 Å². The van der Waals surface area contributed by atoms with Crippen LogP contribution >= 0.6 is 0 Å². The number of carbonyl (C=O) groups is 1. The van der Waals surface area contributed by atoms with Gasteiger partial charge in [0, 0.05) is 17.8 Å². The molecule has 0 bridgehead atoms. The highest BCUT2D eigenvalue weighted by Gasteiger charge is 2.12. The van der Waals surface area contributed by atoms with Gasteiger partial charge in [0.05, 0.1) is 25.6 Å². The topological polar surface area (TPSA) is 58.6 Å². The first-order chi connectivity index (χ1) is 14.3. The SMILES string of the molecule is O=C(Nc1ccccc1)c1ccc(CN(Cc2ccco2)Cc2ccco2)cc1. The van der Waals surface area contributed by atoms with Crippen LogP contribution in [0.4, 0.5) is 5.69 Å². The van der Waals surface area contributed by atoms with Crippen LogP contribution < -0.4 is 5.32 Å². The fourth-order valence-corrected chi connectivity index (χ4v) is 3.16. The molecule has 0 saturated carbocycles. The van der Waals surface area contributed by atoms with Gasteiger partial charge in [-0.15, -0.1) is 0 Å². The number of furan rings is 2. The van der Waals surface area contributed by atoms with Crippen molar-refractivity contribution in [3.8, 4) is 0 Å². The lowest BCUT2D eigenvalue weighted by Crippen LogP contribution is -2.22. The molecule has 0 atom stereocenters. The van der Waals surface area contributed by atoms with Crippen LogP contribution in [0.2, 0.25) is 0 Å². The fourth-order valence-electron chi connectivity index (χ4n) is 3.16. The molecule has 1 amide bonds. The van der Waals surface area contributed by atoms with Crippen molar-refractivity contribution in [3.63, 3.8) is 0 Å². The molecule has 1 N–H and O–H groups in total. The van der Waals surface area contributed by atoms with Gasteiger partial charge in [0.15, 0.2) is 0 Å². The quantitative estimate of drug-likeness (QED) is 0.445. The maximum absolute atomic E-state index is 12.4. The minimum atomic E-state index is -0.120. The minimum absolute atomic E-state index is 0.120. The molecular weight excluding hydrogens is 364 g/mol. The van der Waals surface area contributed by atoms with Gasteiger partial charge in [0.25, 0.3) is 5.91 Å². The molecule has 0 radical (unpaired) electrons. The second-order valence-corrected chi connectivity index (χ2v) is 6.82. The number of rotatable bonds is 8. The van der Waals surface area contributed by atoms with Gasteiger partial charge in [0.1, 0.15) is 11.5 Å². The molecule has 2 heterocycles. The molecule has 4 aromatic rings. The van der Waals surface area contributed by atoms with Crippen LogP contribution in [-0.4, -0.2) is 10.8 Å². The molecule has 0 fully saturated rings. The standard InChI is InChI=1S/C24H22N2O3/c27-24(25-21-6-2-1-3-7-21)20-12-10-19(11-13-20)16-26(17-22-8-4-14-28-22)18-23-9-5-15-29-23/h1-15H,16-18H2,(H,25,27). The third-order valence-electron chi connectivity index (χ3n) is 4.57. The molecule has 0 unspecified atom stereocenters. The van der Waals surface area contributed by atoms with Gasteiger partial charge >= 0.3 is 0 Å². The third-order valence-corrected chi connectivity index (χ3v) is 4.57. The van der Waals surface area contributed by atoms with Gasteiger partial charge in [-0.3, -0.25) is 9.69 Å². The summed E-state index contributed by atoms with van der Waals surface area (Å²) in [7, 11) is 0. The Morgan fingerprint density at radius 3 is 1.90 bits per heavy atom. The van der Waals surface area contributed by atoms with E-state index in [1.807, 2.05) is 78.9 Å². The van der Waals surface area contributed by atoms with Gasteiger partial charge in [-0.05, 0) is 54.1 Å². The summed E-state index contributed by atoms with van der Waals surface area (Å²) in [6.45, 7) is 2.05. The van der Waals surface area contributed by atoms with Crippen LogP contribution in [0.15, 0.2) is 100 Å². The number of para-hydroxylation sites is 1. The Kier molecular flexibility index (Phi) is 5.88. The van der Waals surface area contributed by atoms with Crippen molar-refractivity contribution >= 4 is 11.6 Å². The van der Waals surface area contributed by atoms with Crippen molar-refractivity contribution in [1.29, 1.82) is 0 Å². The molecule has 5 nitrogen and oxygen atoms in total. The Balaban J connectivity index is 1.42. The van der Waals surface area contributed by atoms with Gasteiger partial charge < -0.3 is 14.2 Å². The summed E-state index contributed by atoms with van der Waals surface area (Å²) in [5, 5.41) is 2.90. The van der Waals surface area contributed by atoms with E-state index in [0.29, 0.717) is 25.2 Å². The van der Waals surface area contributed by atoms with Gasteiger partial charge in [-0.25, -0.2) is 0 Å². The van der Waals surface area contributed by atoms with Crippen LogP contribution in [0, 0.1) is 0 Å². The molecule has 2 aromatic heterocycles. The van der Waals surface area contributed by atoms with E-state index >= 15 is 0 Å². The zero-order valence-electron chi connectivity index (χ0n) is 16.0. The Hall–Kier alpha value is -3.57. The lowest BCUT2D eigenvalue weighted by molar-refractivity contribution is 0.102. The average Bonchev–Trinajstić information content (AvgIpc) is 3.44. The van der Waals surface area contributed by atoms with E-state index < -0.39 is 0 Å². The lowest BCUT2D eigenvalue weighted by atomic mass is 10.1. The predicted octanol–water partition coefficient (Wildman–Crippen LogP) is 5.33. The van der Waals surface area contributed by atoms with Crippen LogP contribution in [0.5, 0.6) is 0 Å². The highest BCUT2D eigenvalue weighted by Crippen LogP contribution is 2.16. The number of amides is 1. The third kappa shape index (κ3) is 5.24. The van der Waals surface area contributed by atoms with Crippen LogP contribution in [-0.2, 0) is 19.6 Å². The number of hydrogen-bond acceptors (Lipinski definition) is 4. The Morgan fingerprint density at radius 1 is 0.724 bits per heavy atom.